The molecule has 0 bridgehead atoms. The van der Waals surface area contributed by atoms with Gasteiger partial charge in [0.05, 0.1) is 13.0 Å². The third-order valence-corrected chi connectivity index (χ3v) is 1.44. The number of ether oxygens (including phenoxy) is 2. The van der Waals surface area contributed by atoms with Crippen molar-refractivity contribution in [1.29, 1.82) is 0 Å². The fourth-order valence-electron chi connectivity index (χ4n) is 0.653. The van der Waals surface area contributed by atoms with Crippen molar-refractivity contribution in [2.75, 3.05) is 26.9 Å². The van der Waals surface area contributed by atoms with Crippen molar-refractivity contribution in [3.8, 4) is 0 Å². The summed E-state index contributed by atoms with van der Waals surface area (Å²) in [5, 5.41) is 7.96. The zero-order valence-electron chi connectivity index (χ0n) is 10.7. The summed E-state index contributed by atoms with van der Waals surface area (Å²) < 4.78 is 53.9. The van der Waals surface area contributed by atoms with Crippen molar-refractivity contribution >= 4 is 0 Å². The van der Waals surface area contributed by atoms with Crippen LogP contribution in [0, 0.1) is 6.43 Å². The molecule has 3 nitrogen and oxygen atoms in total. The predicted molar refractivity (Wildman–Crippen MR) is 54.8 cm³/mol. The Morgan fingerprint density at radius 1 is 1.22 bits per heavy atom. The minimum absolute atomic E-state index is 0. The first-order chi connectivity index (χ1) is 7.83. The van der Waals surface area contributed by atoms with Crippen molar-refractivity contribution in [3.05, 3.63) is 6.43 Å². The normalized spacial score (nSPS) is 10.7. The van der Waals surface area contributed by atoms with Gasteiger partial charge in [0.2, 0.25) is 0 Å². The van der Waals surface area contributed by atoms with Crippen LogP contribution in [0.15, 0.2) is 0 Å². The van der Waals surface area contributed by atoms with E-state index in [1.54, 1.807) is 0 Å². The summed E-state index contributed by atoms with van der Waals surface area (Å²) in [6.45, 7) is 1.86. The maximum absolute atomic E-state index is 11.7. The van der Waals surface area contributed by atoms with Crippen LogP contribution in [-0.4, -0.2) is 38.1 Å². The zero-order chi connectivity index (χ0) is 13.7. The second kappa shape index (κ2) is 13.7. The van der Waals surface area contributed by atoms with Gasteiger partial charge in [0.15, 0.2) is 0 Å². The molecule has 0 aromatic heterocycles. The third-order valence-electron chi connectivity index (χ3n) is 1.44. The van der Waals surface area contributed by atoms with Crippen molar-refractivity contribution in [3.63, 3.8) is 0 Å². The molecule has 0 spiro atoms. The Hall–Kier alpha value is -1.40. The Balaban J connectivity index is -0.000000277. The van der Waals surface area contributed by atoms with Crippen LogP contribution in [0.4, 0.5) is 17.6 Å². The molecule has 0 rings (SSSR count). The molecule has 8 heteroatoms. The summed E-state index contributed by atoms with van der Waals surface area (Å²) >= 11 is 0. The topological polar surface area (TPSA) is 38.7 Å². The molecule has 0 aliphatic carbocycles. The van der Waals surface area contributed by atoms with E-state index in [1.165, 1.54) is 7.11 Å². The van der Waals surface area contributed by atoms with Gasteiger partial charge in [-0.1, -0.05) is 13.3 Å². The van der Waals surface area contributed by atoms with Crippen LogP contribution < -0.4 is 0 Å². The van der Waals surface area contributed by atoms with Gasteiger partial charge in [-0.2, -0.15) is 8.78 Å². The minimum atomic E-state index is -3.58. The smallest absolute Gasteiger partial charge is 0.355 e. The van der Waals surface area contributed by atoms with Gasteiger partial charge < -0.3 is 23.4 Å². The molecule has 0 heterocycles. The third kappa shape index (κ3) is 29.3. The Bertz CT molecular complexity index is 157. The maximum Gasteiger partial charge on any atom is 0.355 e. The average Bonchev–Trinajstić information content (AvgIpc) is 2.16. The van der Waals surface area contributed by atoms with Gasteiger partial charge in [0, 0.05) is 20.1 Å². The molecule has 18 heavy (non-hydrogen) atoms. The van der Waals surface area contributed by atoms with E-state index in [2.05, 4.69) is 4.74 Å². The van der Waals surface area contributed by atoms with Gasteiger partial charge in [-0.25, -0.2) is 0 Å². The quantitative estimate of drug-likeness (QED) is 0.298. The van der Waals surface area contributed by atoms with E-state index in [0.29, 0.717) is 6.61 Å². The fourth-order valence-corrected chi connectivity index (χ4v) is 0.653. The average molecular weight is 530 g/mol. The van der Waals surface area contributed by atoms with Crippen LogP contribution in [-0.2, 0) is 9.47 Å². The van der Waals surface area contributed by atoms with Crippen molar-refractivity contribution < 1.29 is 32.1 Å². The standard InChI is InChI=1S/C7H14F2O2.C3H5F2O.Rf/c1-2-3-5-11-6-4-7(8,9)10;1-6-2-3(4)5;/h10H,2-6H2,1H3;2H2,1H3;/q;-1;. The van der Waals surface area contributed by atoms with Crippen molar-refractivity contribution in [1.82, 2.24) is 0 Å². The molecule has 0 aliphatic heterocycles. The SMILES string of the molecule is CCCCOCCC(O)(F)F.COC[C-](F)F.[Rf]. The van der Waals surface area contributed by atoms with Crippen LogP contribution in [0.25, 0.3) is 0 Å². The molecule has 0 unspecified atom stereocenters. The summed E-state index contributed by atoms with van der Waals surface area (Å²) in [6.07, 6.45) is -4.02. The zero-order valence-corrected chi connectivity index (χ0v) is 17.1. The number of rotatable bonds is 8. The number of unbranched alkanes of at least 4 members (excludes halogenated alkanes) is 1. The Morgan fingerprint density at radius 2 is 1.78 bits per heavy atom. The van der Waals surface area contributed by atoms with E-state index in [0.717, 1.165) is 12.8 Å². The molecule has 0 saturated carbocycles. The molecule has 1 N–H and O–H groups in total. The molecule has 108 valence electrons. The number of methoxy groups -OCH3 is 1. The molecule has 0 aliphatic rings. The summed E-state index contributed by atoms with van der Waals surface area (Å²) in [5.74, 6) is 0. The maximum atomic E-state index is 11.7. The molecule has 0 aromatic rings. The van der Waals surface area contributed by atoms with Gasteiger partial charge in [-0.3, -0.25) is 0 Å². The van der Waals surface area contributed by atoms with E-state index in [9.17, 15) is 17.6 Å². The Kier molecular flexibility index (Phi) is 16.6. The van der Waals surface area contributed by atoms with Gasteiger partial charge in [-0.05, 0) is 13.0 Å². The second-order valence-corrected chi connectivity index (χ2v) is 3.15. The summed E-state index contributed by atoms with van der Waals surface area (Å²) in [7, 11) is 1.22. The van der Waals surface area contributed by atoms with Gasteiger partial charge >= 0.3 is 6.11 Å². The monoisotopic (exact) mass is 530 g/mol. The number of alkyl halides is 2. The summed E-state index contributed by atoms with van der Waals surface area (Å²) in [6, 6.07) is 0. The molecule has 0 atom stereocenters. The van der Waals surface area contributed by atoms with Crippen molar-refractivity contribution in [2.45, 2.75) is 32.3 Å². The predicted octanol–water partition coefficient (Wildman–Crippen LogP) is 2.84. The van der Waals surface area contributed by atoms with Crippen LogP contribution in [0.5, 0.6) is 0 Å². The number of halogens is 4. The van der Waals surface area contributed by atoms with Gasteiger partial charge in [-0.15, -0.1) is 0 Å². The first-order valence-electron chi connectivity index (χ1n) is 5.17. The second-order valence-electron chi connectivity index (χ2n) is 3.15. The largest absolute Gasteiger partial charge is 0.419 e. The van der Waals surface area contributed by atoms with E-state index >= 15 is 0 Å². The summed E-state index contributed by atoms with van der Waals surface area (Å²) in [4.78, 5) is 0. The van der Waals surface area contributed by atoms with Crippen LogP contribution in [0.2, 0.25) is 0 Å². The molecular weight excluding hydrogens is 511 g/mol. The molecule has 0 radical (unpaired) electrons. The molecule has 0 fully saturated rings. The molecule has 0 aromatic carbocycles. The number of hydrogen-bond donors (Lipinski definition) is 1. The van der Waals surface area contributed by atoms with E-state index in [-0.39, 0.29) is 6.61 Å². The Morgan fingerprint density at radius 3 is 2.06 bits per heavy atom. The number of aliphatic hydroxyl groups is 1. The number of hydrogen-bond acceptors (Lipinski definition) is 3. The molecule has 0 amide bonds. The molecular formula is C10H19F4O3Rf-. The van der Waals surface area contributed by atoms with Crippen LogP contribution >= 0.6 is 0 Å². The van der Waals surface area contributed by atoms with Gasteiger partial charge in [0.1, 0.15) is 0 Å². The van der Waals surface area contributed by atoms with E-state index in [1.807, 2.05) is 6.92 Å². The van der Waals surface area contributed by atoms with Crippen molar-refractivity contribution in [2.24, 2.45) is 0 Å². The first kappa shape index (κ1) is 21.8. The fraction of sp³-hybridized carbons (Fsp3) is 0.900. The van der Waals surface area contributed by atoms with Gasteiger partial charge in [0.25, 0.3) is 0 Å². The minimum Gasteiger partial charge on any atom is -0.419 e. The summed E-state index contributed by atoms with van der Waals surface area (Å²) in [5.41, 5.74) is 0. The Labute approximate surface area is 98.7 Å². The van der Waals surface area contributed by atoms with E-state index in [4.69, 9.17) is 9.84 Å². The molecule has 0 saturated heterocycles. The van der Waals surface area contributed by atoms with Crippen LogP contribution in [0.3, 0.4) is 0 Å². The van der Waals surface area contributed by atoms with E-state index < -0.39 is 25.6 Å². The van der Waals surface area contributed by atoms with Crippen LogP contribution in [0.1, 0.15) is 26.2 Å². The first-order valence-corrected chi connectivity index (χ1v) is 5.17.